The Balaban J connectivity index is 1.80. The third-order valence-electron chi connectivity index (χ3n) is 5.97. The number of amides is 2. The van der Waals surface area contributed by atoms with Crippen LogP contribution < -0.4 is 10.6 Å². The van der Waals surface area contributed by atoms with Crippen molar-refractivity contribution in [3.63, 3.8) is 0 Å². The molecule has 1 saturated heterocycles. The van der Waals surface area contributed by atoms with Crippen LogP contribution in [-0.2, 0) is 20.5 Å². The lowest BCUT2D eigenvalue weighted by Crippen LogP contribution is -2.50. The van der Waals surface area contributed by atoms with Gasteiger partial charge < -0.3 is 10.6 Å². The van der Waals surface area contributed by atoms with Gasteiger partial charge in [0.25, 0.3) is 0 Å². The molecule has 0 bridgehead atoms. The molecule has 1 aliphatic carbocycles. The van der Waals surface area contributed by atoms with Gasteiger partial charge in [-0.05, 0) is 42.7 Å². The highest BCUT2D eigenvalue weighted by Crippen LogP contribution is 2.40. The third-order valence-corrected chi connectivity index (χ3v) is 5.97. The molecule has 4 heteroatoms. The lowest BCUT2D eigenvalue weighted by molar-refractivity contribution is -0.134. The number of piperidine rings is 1. The molecular weight excluding hydrogens is 324 g/mol. The van der Waals surface area contributed by atoms with E-state index in [9.17, 15) is 9.59 Å². The molecule has 3 rings (SSSR count). The van der Waals surface area contributed by atoms with Crippen molar-refractivity contribution in [1.29, 1.82) is 0 Å². The Kier molecular flexibility index (Phi) is 5.14. The number of nitrogens with one attached hydrogen (secondary N) is 2. The molecule has 2 fully saturated rings. The highest BCUT2D eigenvalue weighted by atomic mass is 16.2. The molecule has 142 valence electrons. The van der Waals surface area contributed by atoms with E-state index < -0.39 is 0 Å². The van der Waals surface area contributed by atoms with Gasteiger partial charge in [-0.1, -0.05) is 57.9 Å². The standard InChI is InChI=1S/C22H32N2O2/c1-15-13-16(14-19(25)23-15)20(26)24-22(11-5-6-12-22)18-9-7-17(8-10-18)21(2,3)4/h7-10,15-16H,5-6,11-14H2,1-4H3,(H,23,25)(H,24,26)/t15-,16+/m1/s1. The van der Waals surface area contributed by atoms with Crippen molar-refractivity contribution >= 4 is 11.8 Å². The molecule has 0 radical (unpaired) electrons. The fraction of sp³-hybridized carbons (Fsp3) is 0.636. The van der Waals surface area contributed by atoms with Crippen molar-refractivity contribution in [3.05, 3.63) is 35.4 Å². The van der Waals surface area contributed by atoms with Crippen LogP contribution in [0.2, 0.25) is 0 Å². The first kappa shape index (κ1) is 18.9. The maximum Gasteiger partial charge on any atom is 0.224 e. The molecule has 26 heavy (non-hydrogen) atoms. The number of rotatable bonds is 3. The van der Waals surface area contributed by atoms with E-state index in [-0.39, 0.29) is 34.7 Å². The molecule has 2 atom stereocenters. The highest BCUT2D eigenvalue weighted by molar-refractivity contribution is 5.87. The summed E-state index contributed by atoms with van der Waals surface area (Å²) in [5.41, 5.74) is 2.35. The molecule has 1 aliphatic heterocycles. The minimum Gasteiger partial charge on any atom is -0.354 e. The number of carbonyl (C=O) groups excluding carboxylic acids is 2. The van der Waals surface area contributed by atoms with Crippen LogP contribution in [0, 0.1) is 5.92 Å². The van der Waals surface area contributed by atoms with E-state index in [1.165, 1.54) is 11.1 Å². The third kappa shape index (κ3) is 3.94. The van der Waals surface area contributed by atoms with Gasteiger partial charge in [0, 0.05) is 18.4 Å². The summed E-state index contributed by atoms with van der Waals surface area (Å²) in [6.07, 6.45) is 5.22. The molecule has 1 aromatic rings. The molecule has 2 aliphatic rings. The zero-order valence-electron chi connectivity index (χ0n) is 16.5. The maximum absolute atomic E-state index is 13.0. The number of carbonyl (C=O) groups is 2. The van der Waals surface area contributed by atoms with Gasteiger partial charge in [0.15, 0.2) is 0 Å². The second-order valence-corrected chi connectivity index (χ2v) is 9.21. The molecule has 4 nitrogen and oxygen atoms in total. The Morgan fingerprint density at radius 1 is 1.15 bits per heavy atom. The Hall–Kier alpha value is -1.84. The summed E-state index contributed by atoms with van der Waals surface area (Å²) in [4.78, 5) is 24.8. The van der Waals surface area contributed by atoms with Gasteiger partial charge in [-0.25, -0.2) is 0 Å². The van der Waals surface area contributed by atoms with Gasteiger partial charge in [-0.2, -0.15) is 0 Å². The second-order valence-electron chi connectivity index (χ2n) is 9.21. The van der Waals surface area contributed by atoms with Gasteiger partial charge in [-0.15, -0.1) is 0 Å². The monoisotopic (exact) mass is 356 g/mol. The topological polar surface area (TPSA) is 58.2 Å². The summed E-state index contributed by atoms with van der Waals surface area (Å²) in [7, 11) is 0. The summed E-state index contributed by atoms with van der Waals surface area (Å²) >= 11 is 0. The number of hydrogen-bond acceptors (Lipinski definition) is 2. The molecule has 2 N–H and O–H groups in total. The van der Waals surface area contributed by atoms with Crippen molar-refractivity contribution in [2.45, 2.75) is 83.2 Å². The van der Waals surface area contributed by atoms with Gasteiger partial charge in [0.1, 0.15) is 0 Å². The zero-order chi connectivity index (χ0) is 18.9. The van der Waals surface area contributed by atoms with Crippen molar-refractivity contribution in [1.82, 2.24) is 10.6 Å². The van der Waals surface area contributed by atoms with E-state index in [1.807, 2.05) is 6.92 Å². The highest BCUT2D eigenvalue weighted by Gasteiger charge is 2.40. The summed E-state index contributed by atoms with van der Waals surface area (Å²) in [5.74, 6) is -0.197. The lowest BCUT2D eigenvalue weighted by atomic mass is 9.82. The first-order valence-electron chi connectivity index (χ1n) is 9.92. The fourth-order valence-corrected chi connectivity index (χ4v) is 4.42. The predicted molar refractivity (Wildman–Crippen MR) is 104 cm³/mol. The van der Waals surface area contributed by atoms with Gasteiger partial charge in [0.05, 0.1) is 5.54 Å². The van der Waals surface area contributed by atoms with Crippen LogP contribution in [0.3, 0.4) is 0 Å². The average molecular weight is 357 g/mol. The van der Waals surface area contributed by atoms with E-state index >= 15 is 0 Å². The first-order valence-corrected chi connectivity index (χ1v) is 9.92. The van der Waals surface area contributed by atoms with E-state index in [1.54, 1.807) is 0 Å². The molecule has 1 aromatic carbocycles. The fourth-order valence-electron chi connectivity index (χ4n) is 4.42. The van der Waals surface area contributed by atoms with Crippen LogP contribution in [0.5, 0.6) is 0 Å². The summed E-state index contributed by atoms with van der Waals surface area (Å²) in [6.45, 7) is 8.60. The van der Waals surface area contributed by atoms with E-state index in [2.05, 4.69) is 55.7 Å². The lowest BCUT2D eigenvalue weighted by Gasteiger charge is -2.35. The molecule has 0 spiro atoms. The number of benzene rings is 1. The largest absolute Gasteiger partial charge is 0.354 e. The summed E-state index contributed by atoms with van der Waals surface area (Å²) < 4.78 is 0. The molecule has 1 saturated carbocycles. The maximum atomic E-state index is 13.0. The molecular formula is C22H32N2O2. The average Bonchev–Trinajstić information content (AvgIpc) is 3.03. The van der Waals surface area contributed by atoms with Crippen molar-refractivity contribution in [2.24, 2.45) is 5.92 Å². The first-order chi connectivity index (χ1) is 12.2. The van der Waals surface area contributed by atoms with Crippen LogP contribution in [0.25, 0.3) is 0 Å². The Morgan fingerprint density at radius 3 is 2.31 bits per heavy atom. The Labute approximate surface area is 157 Å². The van der Waals surface area contributed by atoms with E-state index in [0.717, 1.165) is 32.1 Å². The number of hydrogen-bond donors (Lipinski definition) is 2. The van der Waals surface area contributed by atoms with Crippen LogP contribution >= 0.6 is 0 Å². The van der Waals surface area contributed by atoms with E-state index in [4.69, 9.17) is 0 Å². The zero-order valence-corrected chi connectivity index (χ0v) is 16.5. The molecule has 1 heterocycles. The Morgan fingerprint density at radius 2 is 1.77 bits per heavy atom. The molecule has 2 amide bonds. The molecule has 0 unspecified atom stereocenters. The normalized spacial score (nSPS) is 25.6. The van der Waals surface area contributed by atoms with E-state index in [0.29, 0.717) is 6.42 Å². The van der Waals surface area contributed by atoms with Crippen molar-refractivity contribution in [2.75, 3.05) is 0 Å². The predicted octanol–water partition coefficient (Wildman–Crippen LogP) is 3.78. The molecule has 0 aromatic heterocycles. The van der Waals surface area contributed by atoms with Gasteiger partial charge >= 0.3 is 0 Å². The summed E-state index contributed by atoms with van der Waals surface area (Å²) in [5, 5.41) is 6.26. The van der Waals surface area contributed by atoms with Gasteiger partial charge in [0.2, 0.25) is 11.8 Å². The minimum atomic E-state index is -0.273. The van der Waals surface area contributed by atoms with Crippen molar-refractivity contribution in [3.8, 4) is 0 Å². The minimum absolute atomic E-state index is 0.0149. The van der Waals surface area contributed by atoms with Gasteiger partial charge in [-0.3, -0.25) is 9.59 Å². The van der Waals surface area contributed by atoms with Crippen LogP contribution in [-0.4, -0.2) is 17.9 Å². The second kappa shape index (κ2) is 7.05. The van der Waals surface area contributed by atoms with Crippen LogP contribution in [0.4, 0.5) is 0 Å². The Bertz CT molecular complexity index is 666. The summed E-state index contributed by atoms with van der Waals surface area (Å²) in [6, 6.07) is 8.82. The SMILES string of the molecule is C[C@@H]1C[C@H](C(=O)NC2(c3ccc(C(C)(C)C)cc3)CCCC2)CC(=O)N1. The van der Waals surface area contributed by atoms with Crippen molar-refractivity contribution < 1.29 is 9.59 Å². The van der Waals surface area contributed by atoms with Crippen LogP contribution in [0.1, 0.15) is 77.3 Å². The van der Waals surface area contributed by atoms with Crippen LogP contribution in [0.15, 0.2) is 24.3 Å². The quantitative estimate of drug-likeness (QED) is 0.866. The smallest absolute Gasteiger partial charge is 0.224 e.